The van der Waals surface area contributed by atoms with Crippen molar-refractivity contribution in [2.75, 3.05) is 11.9 Å². The average Bonchev–Trinajstić information content (AvgIpc) is 3.31. The molecule has 3 rings (SSSR count). The number of hydrogen-bond donors (Lipinski definition) is 1. The first kappa shape index (κ1) is 18.8. The molecule has 0 spiro atoms. The zero-order chi connectivity index (χ0) is 18.9. The SMILES string of the molecule is Cc1nn(C2CC2)cc1OCC[C@H](C)Nc1nc(Cl)ncc1C(F)(F)F. The van der Waals surface area contributed by atoms with Crippen molar-refractivity contribution in [2.45, 2.75) is 51.4 Å². The highest BCUT2D eigenvalue weighted by Crippen LogP contribution is 2.36. The van der Waals surface area contributed by atoms with E-state index < -0.39 is 11.7 Å². The molecule has 0 bridgehead atoms. The number of hydrogen-bond acceptors (Lipinski definition) is 5. The fourth-order valence-corrected chi connectivity index (χ4v) is 2.60. The number of ether oxygens (including phenoxy) is 1. The van der Waals surface area contributed by atoms with E-state index in [1.54, 1.807) is 6.92 Å². The maximum atomic E-state index is 13.0. The molecule has 0 saturated heterocycles. The molecule has 0 unspecified atom stereocenters. The molecule has 26 heavy (non-hydrogen) atoms. The Labute approximate surface area is 153 Å². The second-order valence-electron chi connectivity index (χ2n) is 6.37. The first-order valence-corrected chi connectivity index (χ1v) is 8.66. The van der Waals surface area contributed by atoms with Crippen LogP contribution in [0.5, 0.6) is 5.75 Å². The number of rotatable bonds is 7. The van der Waals surface area contributed by atoms with E-state index in [0.717, 1.165) is 18.5 Å². The number of alkyl halides is 3. The summed E-state index contributed by atoms with van der Waals surface area (Å²) in [7, 11) is 0. The molecule has 2 aromatic heterocycles. The Kier molecular flexibility index (Phi) is 5.27. The van der Waals surface area contributed by atoms with Gasteiger partial charge >= 0.3 is 6.18 Å². The van der Waals surface area contributed by atoms with Crippen LogP contribution >= 0.6 is 11.6 Å². The van der Waals surface area contributed by atoms with Gasteiger partial charge in [0, 0.05) is 18.7 Å². The van der Waals surface area contributed by atoms with Crippen LogP contribution in [0.25, 0.3) is 0 Å². The van der Waals surface area contributed by atoms with Crippen LogP contribution in [0.4, 0.5) is 19.0 Å². The molecule has 0 aromatic carbocycles. The lowest BCUT2D eigenvalue weighted by atomic mass is 10.2. The number of anilines is 1. The van der Waals surface area contributed by atoms with Gasteiger partial charge in [-0.3, -0.25) is 4.68 Å². The van der Waals surface area contributed by atoms with Crippen LogP contribution in [0, 0.1) is 6.92 Å². The van der Waals surface area contributed by atoms with Crippen LogP contribution in [0.3, 0.4) is 0 Å². The maximum absolute atomic E-state index is 13.0. The quantitative estimate of drug-likeness (QED) is 0.717. The Morgan fingerprint density at radius 3 is 2.81 bits per heavy atom. The van der Waals surface area contributed by atoms with E-state index in [-0.39, 0.29) is 17.1 Å². The van der Waals surface area contributed by atoms with Gasteiger partial charge in [0.25, 0.3) is 0 Å². The number of nitrogens with one attached hydrogen (secondary N) is 1. The normalized spacial score (nSPS) is 15.8. The monoisotopic (exact) mass is 389 g/mol. The zero-order valence-electron chi connectivity index (χ0n) is 14.3. The summed E-state index contributed by atoms with van der Waals surface area (Å²) in [5.41, 5.74) is -0.143. The van der Waals surface area contributed by atoms with E-state index in [2.05, 4.69) is 20.4 Å². The molecule has 1 N–H and O–H groups in total. The standard InChI is InChI=1S/C16H19ClF3N5O/c1-9(22-14-12(16(18,19)20)7-21-15(17)23-14)5-6-26-13-8-25(11-3-4-11)24-10(13)2/h7-9,11H,3-6H2,1-2H3,(H,21,22,23)/t9-/m0/s1. The lowest BCUT2D eigenvalue weighted by Crippen LogP contribution is -2.22. The molecule has 1 aliphatic carbocycles. The molecule has 1 atom stereocenters. The highest BCUT2D eigenvalue weighted by Gasteiger charge is 2.35. The van der Waals surface area contributed by atoms with Crippen LogP contribution in [0.1, 0.15) is 43.5 Å². The van der Waals surface area contributed by atoms with Gasteiger partial charge in [-0.05, 0) is 38.3 Å². The summed E-state index contributed by atoms with van der Waals surface area (Å²) in [5, 5.41) is 6.90. The minimum absolute atomic E-state index is 0.243. The summed E-state index contributed by atoms with van der Waals surface area (Å²) < 4.78 is 46.7. The van der Waals surface area contributed by atoms with Gasteiger partial charge in [0.05, 0.1) is 18.8 Å². The smallest absolute Gasteiger partial charge is 0.421 e. The molecular weight excluding hydrogens is 371 g/mol. The van der Waals surface area contributed by atoms with Gasteiger partial charge in [0.1, 0.15) is 17.1 Å². The van der Waals surface area contributed by atoms with Crippen molar-refractivity contribution in [3.8, 4) is 5.75 Å². The highest BCUT2D eigenvalue weighted by molar-refractivity contribution is 6.28. The third-order valence-corrected chi connectivity index (χ3v) is 4.23. The Morgan fingerprint density at radius 1 is 1.42 bits per heavy atom. The summed E-state index contributed by atoms with van der Waals surface area (Å²) >= 11 is 5.62. The molecule has 2 aromatic rings. The number of halogens is 4. The van der Waals surface area contributed by atoms with Gasteiger partial charge in [0.15, 0.2) is 5.75 Å². The van der Waals surface area contributed by atoms with Gasteiger partial charge in [-0.25, -0.2) is 9.97 Å². The van der Waals surface area contributed by atoms with Gasteiger partial charge in [-0.1, -0.05) is 0 Å². The Morgan fingerprint density at radius 2 is 2.15 bits per heavy atom. The third kappa shape index (κ3) is 4.57. The summed E-state index contributed by atoms with van der Waals surface area (Å²) in [4.78, 5) is 7.07. The Bertz CT molecular complexity index is 776. The maximum Gasteiger partial charge on any atom is 0.421 e. The van der Waals surface area contributed by atoms with Crippen LogP contribution in [0.2, 0.25) is 5.28 Å². The van der Waals surface area contributed by atoms with Crippen molar-refractivity contribution < 1.29 is 17.9 Å². The lowest BCUT2D eigenvalue weighted by molar-refractivity contribution is -0.137. The highest BCUT2D eigenvalue weighted by atomic mass is 35.5. The van der Waals surface area contributed by atoms with Gasteiger partial charge in [-0.2, -0.15) is 18.3 Å². The summed E-state index contributed by atoms with van der Waals surface area (Å²) in [6, 6.07) is 0.163. The Hall–Kier alpha value is -2.03. The Balaban J connectivity index is 1.56. The van der Waals surface area contributed by atoms with Crippen molar-refractivity contribution in [1.82, 2.24) is 19.7 Å². The van der Waals surface area contributed by atoms with Crippen LogP contribution < -0.4 is 10.1 Å². The largest absolute Gasteiger partial charge is 0.490 e. The van der Waals surface area contributed by atoms with E-state index in [1.807, 2.05) is 17.8 Å². The summed E-state index contributed by atoms with van der Waals surface area (Å²) in [6.45, 7) is 3.96. The fourth-order valence-electron chi connectivity index (χ4n) is 2.46. The van der Waals surface area contributed by atoms with Crippen molar-refractivity contribution in [3.05, 3.63) is 28.9 Å². The predicted octanol–water partition coefficient (Wildman–Crippen LogP) is 4.26. The molecule has 10 heteroatoms. The second-order valence-corrected chi connectivity index (χ2v) is 6.71. The molecule has 0 amide bonds. The second kappa shape index (κ2) is 7.30. The molecular formula is C16H19ClF3N5O. The molecule has 6 nitrogen and oxygen atoms in total. The number of nitrogens with zero attached hydrogens (tertiary/aromatic N) is 4. The van der Waals surface area contributed by atoms with Crippen molar-refractivity contribution >= 4 is 17.4 Å². The zero-order valence-corrected chi connectivity index (χ0v) is 15.1. The van der Waals surface area contributed by atoms with E-state index in [0.29, 0.717) is 31.0 Å². The van der Waals surface area contributed by atoms with Crippen LogP contribution in [-0.2, 0) is 6.18 Å². The molecule has 0 aliphatic heterocycles. The van der Waals surface area contributed by atoms with E-state index in [4.69, 9.17) is 16.3 Å². The minimum atomic E-state index is -4.56. The van der Waals surface area contributed by atoms with Crippen LogP contribution in [-0.4, -0.2) is 32.4 Å². The topological polar surface area (TPSA) is 64.9 Å². The first-order chi connectivity index (χ1) is 12.2. The first-order valence-electron chi connectivity index (χ1n) is 8.29. The molecule has 2 heterocycles. The van der Waals surface area contributed by atoms with E-state index >= 15 is 0 Å². The number of aryl methyl sites for hydroxylation is 1. The van der Waals surface area contributed by atoms with E-state index in [1.165, 1.54) is 0 Å². The predicted molar refractivity (Wildman–Crippen MR) is 90.5 cm³/mol. The van der Waals surface area contributed by atoms with Gasteiger partial charge in [0.2, 0.25) is 5.28 Å². The lowest BCUT2D eigenvalue weighted by Gasteiger charge is -2.18. The molecule has 142 valence electrons. The number of aromatic nitrogens is 4. The molecule has 0 radical (unpaired) electrons. The minimum Gasteiger partial charge on any atom is -0.490 e. The summed E-state index contributed by atoms with van der Waals surface area (Å²) in [5.74, 6) is 0.368. The van der Waals surface area contributed by atoms with E-state index in [9.17, 15) is 13.2 Å². The fraction of sp³-hybridized carbons (Fsp3) is 0.562. The third-order valence-electron chi connectivity index (χ3n) is 4.05. The van der Waals surface area contributed by atoms with Gasteiger partial charge < -0.3 is 10.1 Å². The van der Waals surface area contributed by atoms with Gasteiger partial charge in [-0.15, -0.1) is 0 Å². The molecule has 1 saturated carbocycles. The molecule has 1 aliphatic rings. The summed E-state index contributed by atoms with van der Waals surface area (Å²) in [6.07, 6.45) is 0.729. The molecule has 1 fully saturated rings. The van der Waals surface area contributed by atoms with Crippen molar-refractivity contribution in [1.29, 1.82) is 0 Å². The van der Waals surface area contributed by atoms with Crippen molar-refractivity contribution in [2.24, 2.45) is 0 Å². The van der Waals surface area contributed by atoms with Crippen molar-refractivity contribution in [3.63, 3.8) is 0 Å². The van der Waals surface area contributed by atoms with Crippen LogP contribution in [0.15, 0.2) is 12.4 Å². The average molecular weight is 390 g/mol.